The summed E-state index contributed by atoms with van der Waals surface area (Å²) in [7, 11) is 0. The number of carbonyl (C=O) groups is 2. The molecule has 4 nitrogen and oxygen atoms in total. The molecule has 3 aromatic rings. The molecule has 0 spiro atoms. The molecule has 30 heavy (non-hydrogen) atoms. The molecule has 0 radical (unpaired) electrons. The maximum atomic E-state index is 13.0. The highest BCUT2D eigenvalue weighted by molar-refractivity contribution is 8.01. The van der Waals surface area contributed by atoms with E-state index in [4.69, 9.17) is 0 Å². The number of benzene rings is 3. The second kappa shape index (κ2) is 10.6. The summed E-state index contributed by atoms with van der Waals surface area (Å²) in [6.45, 7) is 1.78. The molecule has 3 aromatic carbocycles. The van der Waals surface area contributed by atoms with Crippen LogP contribution in [0.1, 0.15) is 24.1 Å². The Hall–Kier alpha value is -3.12. The first kappa shape index (κ1) is 21.6. The third kappa shape index (κ3) is 6.19. The van der Waals surface area contributed by atoms with Crippen LogP contribution in [-0.2, 0) is 9.59 Å². The molecule has 0 heterocycles. The van der Waals surface area contributed by atoms with Crippen LogP contribution in [0.25, 0.3) is 0 Å². The first-order valence-electron chi connectivity index (χ1n) is 9.60. The molecule has 6 heteroatoms. The van der Waals surface area contributed by atoms with E-state index < -0.39 is 5.25 Å². The van der Waals surface area contributed by atoms with Crippen molar-refractivity contribution in [1.29, 1.82) is 0 Å². The molecule has 0 aromatic heterocycles. The van der Waals surface area contributed by atoms with Crippen LogP contribution in [0.4, 0.5) is 10.1 Å². The van der Waals surface area contributed by atoms with Crippen LogP contribution in [0, 0.1) is 5.82 Å². The summed E-state index contributed by atoms with van der Waals surface area (Å²) in [6.07, 6.45) is 0. The van der Waals surface area contributed by atoms with Crippen molar-refractivity contribution in [1.82, 2.24) is 5.32 Å². The first-order chi connectivity index (χ1) is 14.5. The molecule has 0 aliphatic heterocycles. The number of anilines is 1. The number of nitrogens with one attached hydrogen (secondary N) is 2. The van der Waals surface area contributed by atoms with Gasteiger partial charge in [0.2, 0.25) is 11.8 Å². The van der Waals surface area contributed by atoms with Gasteiger partial charge >= 0.3 is 0 Å². The summed E-state index contributed by atoms with van der Waals surface area (Å²) in [6, 6.07) is 24.8. The number of hydrogen-bond donors (Lipinski definition) is 2. The molecule has 0 aliphatic rings. The van der Waals surface area contributed by atoms with Crippen LogP contribution in [0.2, 0.25) is 0 Å². The van der Waals surface area contributed by atoms with Crippen molar-refractivity contribution in [2.75, 3.05) is 11.1 Å². The van der Waals surface area contributed by atoms with Crippen molar-refractivity contribution < 1.29 is 14.0 Å². The number of rotatable bonds is 8. The van der Waals surface area contributed by atoms with Gasteiger partial charge in [-0.3, -0.25) is 9.59 Å². The number of halogens is 1. The molecule has 2 amide bonds. The maximum absolute atomic E-state index is 13.0. The fourth-order valence-corrected chi connectivity index (χ4v) is 3.61. The van der Waals surface area contributed by atoms with Gasteiger partial charge in [-0.05, 0) is 42.3 Å². The summed E-state index contributed by atoms with van der Waals surface area (Å²) in [5.74, 6) is -0.631. The Bertz CT molecular complexity index is 926. The zero-order valence-corrected chi connectivity index (χ0v) is 17.4. The Morgan fingerprint density at radius 1 is 0.867 bits per heavy atom. The molecular weight excluding hydrogens is 399 g/mol. The van der Waals surface area contributed by atoms with Gasteiger partial charge in [0.1, 0.15) is 5.82 Å². The summed E-state index contributed by atoms with van der Waals surface area (Å²) in [5.41, 5.74) is 2.50. The van der Waals surface area contributed by atoms with E-state index in [1.54, 1.807) is 6.92 Å². The average Bonchev–Trinajstić information content (AvgIpc) is 2.78. The Morgan fingerprint density at radius 3 is 1.93 bits per heavy atom. The lowest BCUT2D eigenvalue weighted by Crippen LogP contribution is -2.35. The van der Waals surface area contributed by atoms with Crippen molar-refractivity contribution in [3.63, 3.8) is 0 Å². The lowest BCUT2D eigenvalue weighted by atomic mass is 9.98. The first-order valence-corrected chi connectivity index (χ1v) is 10.6. The number of carbonyl (C=O) groups excluding carboxylic acids is 2. The van der Waals surface area contributed by atoms with Gasteiger partial charge in [-0.2, -0.15) is 0 Å². The Morgan fingerprint density at radius 2 is 1.40 bits per heavy atom. The van der Waals surface area contributed by atoms with Gasteiger partial charge < -0.3 is 10.6 Å². The number of hydrogen-bond acceptors (Lipinski definition) is 3. The third-order valence-corrected chi connectivity index (χ3v) is 5.66. The second-order valence-electron chi connectivity index (χ2n) is 6.77. The van der Waals surface area contributed by atoms with Crippen LogP contribution in [0.5, 0.6) is 0 Å². The molecule has 3 rings (SSSR count). The quantitative estimate of drug-likeness (QED) is 0.549. The highest BCUT2D eigenvalue weighted by atomic mass is 32.2. The van der Waals surface area contributed by atoms with Gasteiger partial charge in [-0.15, -0.1) is 11.8 Å². The van der Waals surface area contributed by atoms with E-state index in [0.717, 1.165) is 11.1 Å². The monoisotopic (exact) mass is 422 g/mol. The Balaban J connectivity index is 1.58. The van der Waals surface area contributed by atoms with Crippen molar-refractivity contribution in [3.8, 4) is 0 Å². The minimum absolute atomic E-state index is 0.118. The largest absolute Gasteiger partial charge is 0.344 e. The van der Waals surface area contributed by atoms with Gasteiger partial charge in [0.05, 0.1) is 17.0 Å². The molecule has 0 aliphatic carbocycles. The van der Waals surface area contributed by atoms with E-state index in [0.29, 0.717) is 5.69 Å². The van der Waals surface area contributed by atoms with Crippen LogP contribution < -0.4 is 10.6 Å². The minimum Gasteiger partial charge on any atom is -0.344 e. The Kier molecular flexibility index (Phi) is 7.63. The fraction of sp³-hybridized carbons (Fsp3) is 0.167. The summed E-state index contributed by atoms with van der Waals surface area (Å²) in [5, 5.41) is 5.38. The van der Waals surface area contributed by atoms with E-state index in [1.165, 1.54) is 36.0 Å². The van der Waals surface area contributed by atoms with E-state index in [9.17, 15) is 14.0 Å². The molecule has 0 unspecified atom stereocenters. The highest BCUT2D eigenvalue weighted by Crippen LogP contribution is 2.23. The lowest BCUT2D eigenvalue weighted by Gasteiger charge is -2.22. The average molecular weight is 423 g/mol. The summed E-state index contributed by atoms with van der Waals surface area (Å²) in [4.78, 5) is 24.9. The van der Waals surface area contributed by atoms with Crippen LogP contribution in [0.3, 0.4) is 0 Å². The van der Waals surface area contributed by atoms with Crippen molar-refractivity contribution >= 4 is 29.3 Å². The molecule has 0 saturated heterocycles. The molecule has 1 atom stereocenters. The van der Waals surface area contributed by atoms with Gasteiger partial charge in [0, 0.05) is 5.69 Å². The fourth-order valence-electron chi connectivity index (χ4n) is 2.92. The maximum Gasteiger partial charge on any atom is 0.234 e. The molecular formula is C24H23FN2O2S. The predicted molar refractivity (Wildman–Crippen MR) is 120 cm³/mol. The Labute approximate surface area is 179 Å². The summed E-state index contributed by atoms with van der Waals surface area (Å²) >= 11 is 1.25. The SMILES string of the molecule is C[C@H](SCC(=O)Nc1ccc(F)cc1)C(=O)NC(c1ccccc1)c1ccccc1. The van der Waals surface area contributed by atoms with Gasteiger partial charge in [0.15, 0.2) is 0 Å². The van der Waals surface area contributed by atoms with Crippen LogP contribution in [0.15, 0.2) is 84.9 Å². The standard InChI is InChI=1S/C24H23FN2O2S/c1-17(30-16-22(28)26-21-14-12-20(25)13-15-21)24(29)27-23(18-8-4-2-5-9-18)19-10-6-3-7-11-19/h2-15,17,23H,16H2,1H3,(H,26,28)(H,27,29)/t17-/m0/s1. The van der Waals surface area contributed by atoms with Crippen LogP contribution >= 0.6 is 11.8 Å². The normalized spacial score (nSPS) is 11.7. The van der Waals surface area contributed by atoms with Crippen molar-refractivity contribution in [2.24, 2.45) is 0 Å². The predicted octanol–water partition coefficient (Wildman–Crippen LogP) is 4.79. The number of thioether (sulfide) groups is 1. The number of amides is 2. The topological polar surface area (TPSA) is 58.2 Å². The van der Waals surface area contributed by atoms with E-state index in [-0.39, 0.29) is 29.4 Å². The van der Waals surface area contributed by atoms with Crippen molar-refractivity contribution in [3.05, 3.63) is 102 Å². The van der Waals surface area contributed by atoms with E-state index in [1.807, 2.05) is 60.7 Å². The molecule has 0 fully saturated rings. The minimum atomic E-state index is -0.418. The second-order valence-corrected chi connectivity index (χ2v) is 8.10. The molecule has 2 N–H and O–H groups in total. The zero-order chi connectivity index (χ0) is 21.3. The van der Waals surface area contributed by atoms with E-state index >= 15 is 0 Å². The molecule has 154 valence electrons. The third-order valence-electron chi connectivity index (χ3n) is 4.51. The lowest BCUT2D eigenvalue weighted by molar-refractivity contribution is -0.120. The molecule has 0 bridgehead atoms. The van der Waals surface area contributed by atoms with Gasteiger partial charge in [-0.25, -0.2) is 4.39 Å². The van der Waals surface area contributed by atoms with Gasteiger partial charge in [-0.1, -0.05) is 60.7 Å². The smallest absolute Gasteiger partial charge is 0.234 e. The highest BCUT2D eigenvalue weighted by Gasteiger charge is 2.21. The zero-order valence-electron chi connectivity index (χ0n) is 16.5. The van der Waals surface area contributed by atoms with E-state index in [2.05, 4.69) is 10.6 Å². The summed E-state index contributed by atoms with van der Waals surface area (Å²) < 4.78 is 13.0. The molecule has 0 saturated carbocycles. The van der Waals surface area contributed by atoms with Crippen LogP contribution in [-0.4, -0.2) is 22.8 Å². The van der Waals surface area contributed by atoms with Gasteiger partial charge in [0.25, 0.3) is 0 Å². The van der Waals surface area contributed by atoms with Crippen molar-refractivity contribution in [2.45, 2.75) is 18.2 Å².